The number of halogens is 3. The van der Waals surface area contributed by atoms with Crippen LogP contribution in [0.1, 0.15) is 62.5 Å². The molecule has 0 saturated heterocycles. The molecule has 0 atom stereocenters. The largest absolute Gasteiger partial charge is 0.207 e. The van der Waals surface area contributed by atoms with E-state index in [4.69, 9.17) is 0 Å². The van der Waals surface area contributed by atoms with E-state index in [1.54, 1.807) is 31.2 Å². The van der Waals surface area contributed by atoms with Crippen LogP contribution in [-0.2, 0) is 6.42 Å². The molecule has 30 heavy (non-hydrogen) atoms. The van der Waals surface area contributed by atoms with Gasteiger partial charge >= 0.3 is 0 Å². The highest BCUT2D eigenvalue weighted by Gasteiger charge is 2.22. The molecule has 0 bridgehead atoms. The van der Waals surface area contributed by atoms with Crippen molar-refractivity contribution >= 4 is 0 Å². The minimum absolute atomic E-state index is 0.122. The topological polar surface area (TPSA) is 0 Å². The second-order valence-electron chi connectivity index (χ2n) is 8.30. The Hall–Kier alpha value is -2.55. The number of rotatable bonds is 7. The first kappa shape index (κ1) is 22.1. The zero-order chi connectivity index (χ0) is 21.7. The van der Waals surface area contributed by atoms with Crippen molar-refractivity contribution in [1.29, 1.82) is 0 Å². The van der Waals surface area contributed by atoms with Gasteiger partial charge in [-0.05, 0) is 66.9 Å². The van der Waals surface area contributed by atoms with Crippen LogP contribution in [0.5, 0.6) is 0 Å². The maximum absolute atomic E-state index is 14.8. The van der Waals surface area contributed by atoms with Crippen LogP contribution in [0.15, 0.2) is 72.6 Å². The molecule has 0 nitrogen and oxygen atoms in total. The van der Waals surface area contributed by atoms with Crippen molar-refractivity contribution < 1.29 is 13.2 Å². The first-order chi connectivity index (χ1) is 14.4. The van der Waals surface area contributed by atoms with Gasteiger partial charge in [0.25, 0.3) is 0 Å². The molecule has 0 aromatic heterocycles. The van der Waals surface area contributed by atoms with Crippen molar-refractivity contribution in [3.05, 3.63) is 95.4 Å². The van der Waals surface area contributed by atoms with Crippen molar-refractivity contribution in [2.75, 3.05) is 0 Å². The Bertz CT molecular complexity index is 945. The van der Waals surface area contributed by atoms with Gasteiger partial charge in [-0.25, -0.2) is 13.2 Å². The summed E-state index contributed by atoms with van der Waals surface area (Å²) in [6.07, 6.45) is 7.66. The van der Waals surface area contributed by atoms with E-state index in [1.807, 2.05) is 12.1 Å². The van der Waals surface area contributed by atoms with E-state index >= 15 is 0 Å². The van der Waals surface area contributed by atoms with Gasteiger partial charge in [-0.1, -0.05) is 74.4 Å². The maximum atomic E-state index is 14.8. The number of hydrogen-bond donors (Lipinski definition) is 0. The summed E-state index contributed by atoms with van der Waals surface area (Å²) in [4.78, 5) is 0. The molecular weight excluding hydrogens is 381 g/mol. The summed E-state index contributed by atoms with van der Waals surface area (Å²) in [5, 5.41) is 0. The summed E-state index contributed by atoms with van der Waals surface area (Å²) in [7, 11) is 0. The molecule has 1 fully saturated rings. The van der Waals surface area contributed by atoms with Crippen LogP contribution in [0.2, 0.25) is 0 Å². The molecule has 0 unspecified atom stereocenters. The minimum Gasteiger partial charge on any atom is -0.207 e. The van der Waals surface area contributed by atoms with Crippen LogP contribution < -0.4 is 0 Å². The molecule has 0 spiro atoms. The molecule has 2 aromatic carbocycles. The Kier molecular flexibility index (Phi) is 7.36. The Morgan fingerprint density at radius 2 is 1.63 bits per heavy atom. The standard InChI is InChI=1S/C27H29F3/c1-18(2)17-25(28)19(3)9-10-20-11-13-22(14-12-20)24-16-15-23(26(29)27(24)30)21-7-5-4-6-8-21/h11-17,21H,1,3-10H2,2H3/b25-17+. The molecule has 1 aliphatic carbocycles. The normalized spacial score (nSPS) is 15.3. The fourth-order valence-corrected chi connectivity index (χ4v) is 4.10. The molecule has 1 saturated carbocycles. The van der Waals surface area contributed by atoms with E-state index in [9.17, 15) is 13.2 Å². The third-order valence-corrected chi connectivity index (χ3v) is 5.85. The van der Waals surface area contributed by atoms with E-state index < -0.39 is 11.6 Å². The van der Waals surface area contributed by atoms with Crippen LogP contribution in [0.4, 0.5) is 13.2 Å². The average molecular weight is 411 g/mol. The molecular formula is C27H29F3. The highest BCUT2D eigenvalue weighted by molar-refractivity contribution is 5.65. The Morgan fingerprint density at radius 1 is 0.967 bits per heavy atom. The van der Waals surface area contributed by atoms with Crippen LogP contribution in [0.25, 0.3) is 11.1 Å². The predicted octanol–water partition coefficient (Wildman–Crippen LogP) is 8.60. The smallest absolute Gasteiger partial charge is 0.166 e. The lowest BCUT2D eigenvalue weighted by molar-refractivity contribution is 0.418. The lowest BCUT2D eigenvalue weighted by Crippen LogP contribution is -2.08. The minimum atomic E-state index is -0.772. The van der Waals surface area contributed by atoms with Gasteiger partial charge in [0.2, 0.25) is 0 Å². The van der Waals surface area contributed by atoms with Gasteiger partial charge < -0.3 is 0 Å². The molecule has 1 aliphatic rings. The first-order valence-corrected chi connectivity index (χ1v) is 10.6. The Morgan fingerprint density at radius 3 is 2.27 bits per heavy atom. The number of benzene rings is 2. The summed E-state index contributed by atoms with van der Waals surface area (Å²) in [6.45, 7) is 9.18. The number of allylic oxidation sites excluding steroid dienone is 4. The highest BCUT2D eigenvalue weighted by Crippen LogP contribution is 2.37. The van der Waals surface area contributed by atoms with E-state index in [-0.39, 0.29) is 17.3 Å². The third-order valence-electron chi connectivity index (χ3n) is 5.85. The van der Waals surface area contributed by atoms with Gasteiger partial charge in [0, 0.05) is 5.56 Å². The fraction of sp³-hybridized carbons (Fsp3) is 0.333. The monoisotopic (exact) mass is 410 g/mol. The fourth-order valence-electron chi connectivity index (χ4n) is 4.10. The van der Waals surface area contributed by atoms with Crippen LogP contribution >= 0.6 is 0 Å². The molecule has 2 aromatic rings. The van der Waals surface area contributed by atoms with Crippen molar-refractivity contribution in [2.45, 2.75) is 57.8 Å². The maximum Gasteiger partial charge on any atom is 0.166 e. The van der Waals surface area contributed by atoms with E-state index in [0.29, 0.717) is 35.1 Å². The van der Waals surface area contributed by atoms with Crippen molar-refractivity contribution in [1.82, 2.24) is 0 Å². The van der Waals surface area contributed by atoms with E-state index in [0.717, 1.165) is 31.2 Å². The van der Waals surface area contributed by atoms with Gasteiger partial charge in [-0.3, -0.25) is 0 Å². The van der Waals surface area contributed by atoms with Crippen molar-refractivity contribution in [3.8, 4) is 11.1 Å². The second-order valence-corrected chi connectivity index (χ2v) is 8.30. The summed E-state index contributed by atoms with van der Waals surface area (Å²) >= 11 is 0. The summed E-state index contributed by atoms with van der Waals surface area (Å²) < 4.78 is 43.5. The van der Waals surface area contributed by atoms with Gasteiger partial charge in [0.05, 0.1) is 0 Å². The molecule has 158 valence electrons. The molecule has 0 amide bonds. The van der Waals surface area contributed by atoms with Gasteiger partial charge in [-0.15, -0.1) is 0 Å². The molecule has 3 heteroatoms. The van der Waals surface area contributed by atoms with Crippen LogP contribution in [0.3, 0.4) is 0 Å². The van der Waals surface area contributed by atoms with Gasteiger partial charge in [-0.2, -0.15) is 0 Å². The lowest BCUT2D eigenvalue weighted by Gasteiger charge is -2.23. The predicted molar refractivity (Wildman–Crippen MR) is 119 cm³/mol. The Labute approximate surface area is 177 Å². The highest BCUT2D eigenvalue weighted by atomic mass is 19.2. The first-order valence-electron chi connectivity index (χ1n) is 10.6. The zero-order valence-electron chi connectivity index (χ0n) is 17.6. The van der Waals surface area contributed by atoms with Crippen molar-refractivity contribution in [3.63, 3.8) is 0 Å². The number of aryl methyl sites for hydroxylation is 1. The summed E-state index contributed by atoms with van der Waals surface area (Å²) in [5.41, 5.74) is 3.48. The number of hydrogen-bond acceptors (Lipinski definition) is 0. The average Bonchev–Trinajstić information content (AvgIpc) is 2.74. The summed E-state index contributed by atoms with van der Waals surface area (Å²) in [5.74, 6) is -1.71. The van der Waals surface area contributed by atoms with E-state index in [2.05, 4.69) is 13.2 Å². The second kappa shape index (κ2) is 9.97. The van der Waals surface area contributed by atoms with Gasteiger partial charge in [0.15, 0.2) is 11.6 Å². The molecule has 0 aliphatic heterocycles. The lowest BCUT2D eigenvalue weighted by atomic mass is 9.83. The molecule has 0 radical (unpaired) electrons. The van der Waals surface area contributed by atoms with Crippen molar-refractivity contribution in [2.24, 2.45) is 0 Å². The third kappa shape index (κ3) is 5.33. The van der Waals surface area contributed by atoms with Gasteiger partial charge in [0.1, 0.15) is 5.83 Å². The van der Waals surface area contributed by atoms with E-state index in [1.165, 1.54) is 12.5 Å². The van der Waals surface area contributed by atoms with Crippen LogP contribution in [-0.4, -0.2) is 0 Å². The quantitative estimate of drug-likeness (QED) is 0.401. The molecule has 3 rings (SSSR count). The Balaban J connectivity index is 1.71. The molecule has 0 N–H and O–H groups in total. The zero-order valence-corrected chi connectivity index (χ0v) is 17.6. The SMILES string of the molecule is C=C(C)/C=C(/F)C(=C)CCc1ccc(-c2ccc(C3CCCCC3)c(F)c2F)cc1. The molecule has 0 heterocycles. The summed E-state index contributed by atoms with van der Waals surface area (Å²) in [6, 6.07) is 10.8. The van der Waals surface area contributed by atoms with Crippen LogP contribution in [0, 0.1) is 11.6 Å².